The minimum absolute atomic E-state index is 0.00612. The van der Waals surface area contributed by atoms with E-state index in [0.29, 0.717) is 19.0 Å². The average Bonchev–Trinajstić information content (AvgIpc) is 3.32. The number of carbonyl (C=O) groups excluding carboxylic acids is 1. The highest BCUT2D eigenvalue weighted by atomic mass is 32.1. The van der Waals surface area contributed by atoms with Crippen LogP contribution in [-0.4, -0.2) is 45.3 Å². The highest BCUT2D eigenvalue weighted by Gasteiger charge is 2.32. The summed E-state index contributed by atoms with van der Waals surface area (Å²) in [5.74, 6) is 1.46. The molecule has 1 saturated carbocycles. The van der Waals surface area contributed by atoms with Gasteiger partial charge in [-0.1, -0.05) is 25.3 Å². The summed E-state index contributed by atoms with van der Waals surface area (Å²) in [7, 11) is 0. The SMILES string of the molecule is O=C(C1CCCCC1)N1CCCC(c2nc3c(c(=O)[nH]2)CN(Cc2cccs2)CC3)C1. The van der Waals surface area contributed by atoms with E-state index >= 15 is 0 Å². The lowest BCUT2D eigenvalue weighted by Crippen LogP contribution is -2.43. The normalized spacial score (nSPS) is 23.0. The number of thiophene rings is 1. The standard InChI is InChI=1S/C24H32N4O2S/c29-23-20-16-27(15-19-9-5-13-31-19)12-10-21(20)25-22(26-23)18-8-4-11-28(14-18)24(30)17-6-2-1-3-7-17/h5,9,13,17-18H,1-4,6-8,10-12,14-16H2,(H,25,26,29). The van der Waals surface area contributed by atoms with Gasteiger partial charge in [0.25, 0.3) is 5.56 Å². The molecule has 0 aromatic carbocycles. The van der Waals surface area contributed by atoms with Crippen LogP contribution >= 0.6 is 11.3 Å². The molecule has 2 aliphatic heterocycles. The first kappa shape index (κ1) is 20.9. The van der Waals surface area contributed by atoms with Crippen LogP contribution in [0.3, 0.4) is 0 Å². The van der Waals surface area contributed by atoms with Crippen molar-refractivity contribution >= 4 is 17.2 Å². The highest BCUT2D eigenvalue weighted by Crippen LogP contribution is 2.30. The van der Waals surface area contributed by atoms with Gasteiger partial charge in [0.05, 0.1) is 11.3 Å². The number of nitrogens with one attached hydrogen (secondary N) is 1. The van der Waals surface area contributed by atoms with Gasteiger partial charge in [0, 0.05) is 55.9 Å². The molecule has 0 spiro atoms. The lowest BCUT2D eigenvalue weighted by atomic mass is 9.87. The summed E-state index contributed by atoms with van der Waals surface area (Å²) >= 11 is 1.76. The van der Waals surface area contributed by atoms with E-state index in [1.807, 2.05) is 4.90 Å². The second kappa shape index (κ2) is 9.25. The van der Waals surface area contributed by atoms with Crippen LogP contribution in [-0.2, 0) is 24.3 Å². The van der Waals surface area contributed by atoms with E-state index in [1.165, 1.54) is 24.1 Å². The lowest BCUT2D eigenvalue weighted by Gasteiger charge is -2.36. The molecule has 2 fully saturated rings. The second-order valence-electron chi connectivity index (χ2n) is 9.37. The van der Waals surface area contributed by atoms with Crippen molar-refractivity contribution in [2.24, 2.45) is 5.92 Å². The molecule has 1 unspecified atom stereocenters. The topological polar surface area (TPSA) is 69.3 Å². The third-order valence-electron chi connectivity index (χ3n) is 7.20. The molecule has 31 heavy (non-hydrogen) atoms. The maximum atomic E-state index is 13.0. The largest absolute Gasteiger partial charge is 0.342 e. The number of carbonyl (C=O) groups is 1. The Morgan fingerprint density at radius 1 is 1.16 bits per heavy atom. The van der Waals surface area contributed by atoms with Crippen molar-refractivity contribution in [3.05, 3.63) is 49.8 Å². The summed E-state index contributed by atoms with van der Waals surface area (Å²) in [6, 6.07) is 4.22. The summed E-state index contributed by atoms with van der Waals surface area (Å²) in [5.41, 5.74) is 1.78. The molecule has 1 aliphatic carbocycles. The van der Waals surface area contributed by atoms with Gasteiger partial charge in [-0.15, -0.1) is 11.3 Å². The van der Waals surface area contributed by atoms with Crippen molar-refractivity contribution in [1.29, 1.82) is 0 Å². The van der Waals surface area contributed by atoms with Crippen LogP contribution < -0.4 is 5.56 Å². The van der Waals surface area contributed by atoms with E-state index < -0.39 is 0 Å². The van der Waals surface area contributed by atoms with Crippen LogP contribution in [0.15, 0.2) is 22.3 Å². The van der Waals surface area contributed by atoms with Crippen LogP contribution in [0, 0.1) is 5.92 Å². The van der Waals surface area contributed by atoms with Gasteiger partial charge in [-0.25, -0.2) is 4.98 Å². The van der Waals surface area contributed by atoms with E-state index in [-0.39, 0.29) is 17.4 Å². The smallest absolute Gasteiger partial charge is 0.255 e. The Hall–Kier alpha value is -1.99. The molecule has 1 saturated heterocycles. The highest BCUT2D eigenvalue weighted by molar-refractivity contribution is 7.09. The fourth-order valence-electron chi connectivity index (χ4n) is 5.46. The van der Waals surface area contributed by atoms with Gasteiger partial charge in [-0.05, 0) is 37.1 Å². The van der Waals surface area contributed by atoms with Gasteiger partial charge in [0.15, 0.2) is 0 Å². The van der Waals surface area contributed by atoms with Crippen LogP contribution in [0.5, 0.6) is 0 Å². The predicted octanol–water partition coefficient (Wildman–Crippen LogP) is 3.68. The number of rotatable bonds is 4. The maximum Gasteiger partial charge on any atom is 0.255 e. The van der Waals surface area contributed by atoms with Crippen molar-refractivity contribution in [3.8, 4) is 0 Å². The van der Waals surface area contributed by atoms with Gasteiger partial charge < -0.3 is 9.88 Å². The fourth-order valence-corrected chi connectivity index (χ4v) is 6.21. The molecule has 166 valence electrons. The number of H-pyrrole nitrogens is 1. The first-order valence-corrected chi connectivity index (χ1v) is 12.7. The summed E-state index contributed by atoms with van der Waals surface area (Å²) in [5, 5.41) is 2.10. The van der Waals surface area contributed by atoms with Crippen LogP contribution in [0.4, 0.5) is 0 Å². The average molecular weight is 441 g/mol. The van der Waals surface area contributed by atoms with Crippen LogP contribution in [0.2, 0.25) is 0 Å². The Labute approximate surface area is 187 Å². The Bertz CT molecular complexity index is 964. The number of likely N-dealkylation sites (tertiary alicyclic amines) is 1. The Morgan fingerprint density at radius 2 is 2.03 bits per heavy atom. The van der Waals surface area contributed by atoms with Crippen molar-refractivity contribution in [3.63, 3.8) is 0 Å². The number of fused-ring (bicyclic) bond motifs is 1. The minimum Gasteiger partial charge on any atom is -0.342 e. The van der Waals surface area contributed by atoms with Gasteiger partial charge >= 0.3 is 0 Å². The molecule has 4 heterocycles. The minimum atomic E-state index is 0.00612. The van der Waals surface area contributed by atoms with Crippen molar-refractivity contribution in [2.75, 3.05) is 19.6 Å². The first-order chi connectivity index (χ1) is 15.2. The van der Waals surface area contributed by atoms with Gasteiger partial charge in [-0.3, -0.25) is 14.5 Å². The predicted molar refractivity (Wildman–Crippen MR) is 122 cm³/mol. The molecule has 2 aromatic heterocycles. The van der Waals surface area contributed by atoms with E-state index in [1.54, 1.807) is 11.3 Å². The molecule has 1 atom stereocenters. The summed E-state index contributed by atoms with van der Waals surface area (Å²) in [6.07, 6.45) is 8.48. The Morgan fingerprint density at radius 3 is 2.84 bits per heavy atom. The van der Waals surface area contributed by atoms with Crippen molar-refractivity contribution < 1.29 is 4.79 Å². The zero-order chi connectivity index (χ0) is 21.2. The van der Waals surface area contributed by atoms with E-state index in [0.717, 1.165) is 68.8 Å². The number of hydrogen-bond donors (Lipinski definition) is 1. The van der Waals surface area contributed by atoms with Gasteiger partial charge in [-0.2, -0.15) is 0 Å². The number of nitrogens with zero attached hydrogens (tertiary/aromatic N) is 3. The molecule has 5 rings (SSSR count). The molecular formula is C24H32N4O2S. The molecule has 0 bridgehead atoms. The van der Waals surface area contributed by atoms with E-state index in [4.69, 9.17) is 4.98 Å². The van der Waals surface area contributed by atoms with E-state index in [9.17, 15) is 9.59 Å². The summed E-state index contributed by atoms with van der Waals surface area (Å²) in [6.45, 7) is 4.02. The maximum absolute atomic E-state index is 13.0. The number of piperidine rings is 1. The van der Waals surface area contributed by atoms with Crippen molar-refractivity contribution in [2.45, 2.75) is 70.4 Å². The molecule has 2 aromatic rings. The first-order valence-electron chi connectivity index (χ1n) is 11.8. The molecular weight excluding hydrogens is 408 g/mol. The van der Waals surface area contributed by atoms with Crippen molar-refractivity contribution in [1.82, 2.24) is 19.8 Å². The summed E-state index contributed by atoms with van der Waals surface area (Å²) < 4.78 is 0. The van der Waals surface area contributed by atoms with Gasteiger partial charge in [0.2, 0.25) is 5.91 Å². The monoisotopic (exact) mass is 440 g/mol. The quantitative estimate of drug-likeness (QED) is 0.788. The number of aromatic amines is 1. The van der Waals surface area contributed by atoms with E-state index in [2.05, 4.69) is 27.4 Å². The molecule has 0 radical (unpaired) electrons. The van der Waals surface area contributed by atoms with Gasteiger partial charge in [0.1, 0.15) is 5.82 Å². The molecule has 3 aliphatic rings. The molecule has 7 heteroatoms. The number of hydrogen-bond acceptors (Lipinski definition) is 5. The third kappa shape index (κ3) is 4.62. The zero-order valence-electron chi connectivity index (χ0n) is 18.1. The zero-order valence-corrected chi connectivity index (χ0v) is 19.0. The summed E-state index contributed by atoms with van der Waals surface area (Å²) in [4.78, 5) is 39.7. The second-order valence-corrected chi connectivity index (χ2v) is 10.4. The lowest BCUT2D eigenvalue weighted by molar-refractivity contribution is -0.137. The fraction of sp³-hybridized carbons (Fsp3) is 0.625. The molecule has 1 amide bonds. The Kier molecular flexibility index (Phi) is 6.23. The number of aromatic nitrogens is 2. The van der Waals surface area contributed by atoms with Crippen LogP contribution in [0.1, 0.15) is 72.8 Å². The Balaban J connectivity index is 1.28. The van der Waals surface area contributed by atoms with Crippen LogP contribution in [0.25, 0.3) is 0 Å². The third-order valence-corrected chi connectivity index (χ3v) is 8.06. The molecule has 1 N–H and O–H groups in total. The number of amides is 1. The molecule has 6 nitrogen and oxygen atoms in total.